The second-order valence-electron chi connectivity index (χ2n) is 9.18. The molecule has 1 aromatic heterocycles. The Kier molecular flexibility index (Phi) is 6.25. The van der Waals surface area contributed by atoms with Crippen molar-refractivity contribution >= 4 is 22.8 Å². The van der Waals surface area contributed by atoms with Crippen LogP contribution in [0.2, 0.25) is 0 Å². The summed E-state index contributed by atoms with van der Waals surface area (Å²) in [5, 5.41) is 9.31. The highest BCUT2D eigenvalue weighted by Crippen LogP contribution is 2.44. The fourth-order valence-corrected chi connectivity index (χ4v) is 5.78. The van der Waals surface area contributed by atoms with E-state index in [0.717, 1.165) is 23.9 Å². The number of aromatic nitrogens is 3. The summed E-state index contributed by atoms with van der Waals surface area (Å²) in [6.45, 7) is 6.40. The molecule has 0 saturated heterocycles. The minimum atomic E-state index is -0.393. The molecule has 0 spiro atoms. The molecule has 3 nitrogen and oxygen atoms in total. The van der Waals surface area contributed by atoms with E-state index in [-0.39, 0.29) is 0 Å². The molecule has 0 saturated carbocycles. The van der Waals surface area contributed by atoms with Gasteiger partial charge in [0.1, 0.15) is 10.4 Å². The molecule has 0 amide bonds. The van der Waals surface area contributed by atoms with Crippen molar-refractivity contribution < 1.29 is 0 Å². The van der Waals surface area contributed by atoms with Crippen LogP contribution < -0.4 is 0 Å². The summed E-state index contributed by atoms with van der Waals surface area (Å²) in [4.78, 5) is 0.833. The van der Waals surface area contributed by atoms with Gasteiger partial charge in [0.15, 0.2) is 0 Å². The summed E-state index contributed by atoms with van der Waals surface area (Å²) in [5.41, 5.74) is 8.35. The van der Waals surface area contributed by atoms with Crippen molar-refractivity contribution in [2.24, 2.45) is 0 Å². The molecule has 170 valence electrons. The molecule has 1 heterocycles. The average Bonchev–Trinajstić information content (AvgIpc) is 3.28. The first-order chi connectivity index (χ1) is 16.5. The highest BCUT2D eigenvalue weighted by molar-refractivity contribution is 8.00. The fourth-order valence-electron chi connectivity index (χ4n) is 4.37. The minimum absolute atomic E-state index is 0.393. The van der Waals surface area contributed by atoms with E-state index in [1.54, 1.807) is 0 Å². The number of nitrogens with zero attached hydrogens (tertiary/aromatic N) is 3. The highest BCUT2D eigenvalue weighted by Gasteiger charge is 2.37. The maximum Gasteiger partial charge on any atom is 0.123 e. The van der Waals surface area contributed by atoms with E-state index in [1.165, 1.54) is 32.7 Å². The monoisotopic (exact) mass is 463 g/mol. The third-order valence-electron chi connectivity index (χ3n) is 6.27. The zero-order chi connectivity index (χ0) is 23.5. The predicted molar refractivity (Wildman–Crippen MR) is 142 cm³/mol. The summed E-state index contributed by atoms with van der Waals surface area (Å²) in [7, 11) is 0. The molecule has 4 aromatic carbocycles. The third-order valence-corrected chi connectivity index (χ3v) is 7.62. The van der Waals surface area contributed by atoms with Gasteiger partial charge in [-0.05, 0) is 56.2 Å². The van der Waals surface area contributed by atoms with Crippen LogP contribution in [0.25, 0.3) is 11.0 Å². The molecule has 5 rings (SSSR count). The van der Waals surface area contributed by atoms with Crippen LogP contribution in [0.1, 0.15) is 27.8 Å². The second kappa shape index (κ2) is 9.47. The lowest BCUT2D eigenvalue weighted by Gasteiger charge is -2.34. The first-order valence-corrected chi connectivity index (χ1v) is 12.5. The van der Waals surface area contributed by atoms with Crippen molar-refractivity contribution in [3.63, 3.8) is 0 Å². The molecule has 0 aliphatic heterocycles. The number of hydrogen-bond acceptors (Lipinski definition) is 3. The SMILES string of the molecule is Cc1ccc(CC(Cc2ccc(C)cc2)(Sc2ccc(C)cc2)n2nnc3ccccc32)cc1. The van der Waals surface area contributed by atoms with Gasteiger partial charge in [-0.25, -0.2) is 4.68 Å². The molecule has 34 heavy (non-hydrogen) atoms. The maximum absolute atomic E-state index is 4.75. The Morgan fingerprint density at radius 1 is 0.647 bits per heavy atom. The molecular weight excluding hydrogens is 434 g/mol. The smallest absolute Gasteiger partial charge is 0.123 e. The van der Waals surface area contributed by atoms with Gasteiger partial charge in [-0.15, -0.1) is 5.10 Å². The lowest BCUT2D eigenvalue weighted by Crippen LogP contribution is -2.36. The van der Waals surface area contributed by atoms with E-state index in [4.69, 9.17) is 5.21 Å². The van der Waals surface area contributed by atoms with E-state index >= 15 is 0 Å². The van der Waals surface area contributed by atoms with E-state index in [1.807, 2.05) is 23.9 Å². The van der Waals surface area contributed by atoms with Gasteiger partial charge < -0.3 is 0 Å². The quantitative estimate of drug-likeness (QED) is 0.238. The lowest BCUT2D eigenvalue weighted by atomic mass is 9.97. The van der Waals surface area contributed by atoms with Crippen LogP contribution in [0, 0.1) is 20.8 Å². The molecule has 0 bridgehead atoms. The van der Waals surface area contributed by atoms with Crippen LogP contribution in [0.4, 0.5) is 0 Å². The number of fused-ring (bicyclic) bond motifs is 1. The van der Waals surface area contributed by atoms with Crippen LogP contribution in [0.5, 0.6) is 0 Å². The second-order valence-corrected chi connectivity index (χ2v) is 10.6. The lowest BCUT2D eigenvalue weighted by molar-refractivity contribution is 0.397. The van der Waals surface area contributed by atoms with Gasteiger partial charge in [0, 0.05) is 17.7 Å². The summed E-state index contributed by atoms with van der Waals surface area (Å²) in [6, 6.07) is 34.8. The summed E-state index contributed by atoms with van der Waals surface area (Å²) < 4.78 is 2.16. The Morgan fingerprint density at radius 2 is 1.15 bits per heavy atom. The average molecular weight is 464 g/mol. The number of aryl methyl sites for hydroxylation is 3. The number of hydrogen-bond donors (Lipinski definition) is 0. The molecule has 0 radical (unpaired) electrons. The summed E-state index contributed by atoms with van der Waals surface area (Å²) >= 11 is 1.88. The maximum atomic E-state index is 4.75. The molecule has 4 heteroatoms. The Hall–Kier alpha value is -3.37. The Balaban J connectivity index is 1.69. The Bertz CT molecular complexity index is 1270. The first-order valence-electron chi connectivity index (χ1n) is 11.7. The van der Waals surface area contributed by atoms with Gasteiger partial charge in [-0.1, -0.05) is 106 Å². The molecule has 0 atom stereocenters. The largest absolute Gasteiger partial charge is 0.227 e. The minimum Gasteiger partial charge on any atom is -0.227 e. The van der Waals surface area contributed by atoms with Crippen LogP contribution in [0.15, 0.2) is 102 Å². The van der Waals surface area contributed by atoms with Crippen molar-refractivity contribution in [2.75, 3.05) is 0 Å². The van der Waals surface area contributed by atoms with Gasteiger partial charge in [0.05, 0.1) is 5.52 Å². The van der Waals surface area contributed by atoms with Crippen LogP contribution in [0.3, 0.4) is 0 Å². The van der Waals surface area contributed by atoms with E-state index < -0.39 is 4.87 Å². The van der Waals surface area contributed by atoms with Crippen molar-refractivity contribution in [1.29, 1.82) is 0 Å². The van der Waals surface area contributed by atoms with E-state index in [2.05, 4.69) is 115 Å². The van der Waals surface area contributed by atoms with E-state index in [0.29, 0.717) is 0 Å². The van der Waals surface area contributed by atoms with Crippen LogP contribution in [-0.4, -0.2) is 15.0 Å². The zero-order valence-electron chi connectivity index (χ0n) is 19.9. The van der Waals surface area contributed by atoms with Gasteiger partial charge in [0.25, 0.3) is 0 Å². The first kappa shape index (κ1) is 22.4. The molecule has 0 fully saturated rings. The topological polar surface area (TPSA) is 30.7 Å². The fraction of sp³-hybridized carbons (Fsp3) is 0.200. The van der Waals surface area contributed by atoms with Gasteiger partial charge in [0.2, 0.25) is 0 Å². The Morgan fingerprint density at radius 3 is 1.71 bits per heavy atom. The summed E-state index contributed by atoms with van der Waals surface area (Å²) in [6.07, 6.45) is 1.65. The van der Waals surface area contributed by atoms with Crippen molar-refractivity contribution in [3.05, 3.63) is 125 Å². The molecule has 0 aliphatic carbocycles. The molecule has 0 unspecified atom stereocenters. The van der Waals surface area contributed by atoms with Gasteiger partial charge >= 0.3 is 0 Å². The normalized spacial score (nSPS) is 11.7. The molecule has 5 aromatic rings. The molecule has 0 N–H and O–H groups in total. The summed E-state index contributed by atoms with van der Waals surface area (Å²) in [5.74, 6) is 0. The number of rotatable bonds is 7. The standard InChI is InChI=1S/C30H29N3S/c1-22-8-14-25(15-9-22)20-30(21-26-16-10-23(2)11-17-26,34-27-18-12-24(3)13-19-27)33-29-7-5-4-6-28(29)31-32-33/h4-19H,20-21H2,1-3H3. The van der Waals surface area contributed by atoms with Crippen molar-refractivity contribution in [2.45, 2.75) is 43.4 Å². The predicted octanol–water partition coefficient (Wildman–Crippen LogP) is 7.29. The van der Waals surface area contributed by atoms with E-state index in [9.17, 15) is 0 Å². The number of para-hydroxylation sites is 1. The van der Waals surface area contributed by atoms with Gasteiger partial charge in [-0.3, -0.25) is 0 Å². The number of thioether (sulfide) groups is 1. The zero-order valence-corrected chi connectivity index (χ0v) is 20.7. The van der Waals surface area contributed by atoms with Crippen molar-refractivity contribution in [1.82, 2.24) is 15.0 Å². The van der Waals surface area contributed by atoms with Crippen LogP contribution >= 0.6 is 11.8 Å². The van der Waals surface area contributed by atoms with Crippen molar-refractivity contribution in [3.8, 4) is 0 Å². The third kappa shape index (κ3) is 4.78. The molecular formula is C30H29N3S. The number of benzene rings is 4. The highest BCUT2D eigenvalue weighted by atomic mass is 32.2. The van der Waals surface area contributed by atoms with Crippen LogP contribution in [-0.2, 0) is 17.7 Å². The Labute approximate surface area is 205 Å². The molecule has 0 aliphatic rings. The van der Waals surface area contributed by atoms with Gasteiger partial charge in [-0.2, -0.15) is 0 Å².